The van der Waals surface area contributed by atoms with Crippen LogP contribution in [0.2, 0.25) is 0 Å². The van der Waals surface area contributed by atoms with Crippen molar-refractivity contribution in [1.29, 1.82) is 0 Å². The molecule has 0 unspecified atom stereocenters. The molecule has 1 aliphatic carbocycles. The Morgan fingerprint density at radius 1 is 0.700 bits per heavy atom. The van der Waals surface area contributed by atoms with Crippen LogP contribution in [0.5, 0.6) is 0 Å². The lowest BCUT2D eigenvalue weighted by Gasteiger charge is -2.42. The van der Waals surface area contributed by atoms with Crippen LogP contribution in [0.3, 0.4) is 0 Å². The molecule has 0 aromatic carbocycles. The monoisotopic (exact) mass is 304 g/mol. The summed E-state index contributed by atoms with van der Waals surface area (Å²) in [4.78, 5) is 0. The van der Waals surface area contributed by atoms with Crippen LogP contribution in [0.15, 0.2) is 0 Å². The number of halogens is 6. The van der Waals surface area contributed by atoms with Gasteiger partial charge >= 0.3 is 12.4 Å². The lowest BCUT2D eigenvalue weighted by molar-refractivity contribution is -0.316. The number of rotatable bonds is 1. The summed E-state index contributed by atoms with van der Waals surface area (Å²) in [7, 11) is 0. The minimum atomic E-state index is -5.23. The van der Waals surface area contributed by atoms with Crippen LogP contribution in [0, 0.1) is 16.7 Å². The van der Waals surface area contributed by atoms with Crippen LogP contribution in [-0.4, -0.2) is 12.4 Å². The molecule has 0 spiro atoms. The average Bonchev–Trinajstić information content (AvgIpc) is 2.08. The highest BCUT2D eigenvalue weighted by atomic mass is 19.4. The first-order valence-electron chi connectivity index (χ1n) is 6.91. The summed E-state index contributed by atoms with van der Waals surface area (Å²) in [6, 6.07) is 0. The maximum atomic E-state index is 12.9. The maximum absolute atomic E-state index is 12.9. The zero-order chi connectivity index (χ0) is 15.8. The van der Waals surface area contributed by atoms with E-state index in [-0.39, 0.29) is 18.3 Å². The van der Waals surface area contributed by atoms with Gasteiger partial charge in [-0.25, -0.2) is 0 Å². The van der Waals surface area contributed by atoms with Crippen molar-refractivity contribution in [2.24, 2.45) is 16.7 Å². The zero-order valence-electron chi connectivity index (χ0n) is 12.1. The van der Waals surface area contributed by atoms with Crippen molar-refractivity contribution in [1.82, 2.24) is 0 Å². The van der Waals surface area contributed by atoms with Crippen molar-refractivity contribution in [3.05, 3.63) is 0 Å². The van der Waals surface area contributed by atoms with Gasteiger partial charge in [-0.3, -0.25) is 0 Å². The summed E-state index contributed by atoms with van der Waals surface area (Å²) in [5.41, 5.74) is -1.74. The minimum Gasteiger partial charge on any atom is -0.170 e. The summed E-state index contributed by atoms with van der Waals surface area (Å²) in [5.74, 6) is -3.22. The molecule has 1 rings (SSSR count). The van der Waals surface area contributed by atoms with E-state index in [0.717, 1.165) is 6.92 Å². The quantitative estimate of drug-likeness (QED) is 0.512. The van der Waals surface area contributed by atoms with E-state index in [2.05, 4.69) is 0 Å². The summed E-state index contributed by atoms with van der Waals surface area (Å²) in [6.45, 7) is 5.18. The molecule has 0 radical (unpaired) electrons. The van der Waals surface area contributed by atoms with Gasteiger partial charge in [0.05, 0.1) is 0 Å². The standard InChI is InChI=1S/C14H22F6/c1-11(2)6-4-8-12(3,9-5-7-11)10(13(15,16)17)14(18,19)20/h10H,4-9H2,1-3H3. The lowest BCUT2D eigenvalue weighted by atomic mass is 9.65. The van der Waals surface area contributed by atoms with Gasteiger partial charge in [0.15, 0.2) is 5.92 Å². The number of hydrogen-bond donors (Lipinski definition) is 0. The molecule has 0 aromatic rings. The highest BCUT2D eigenvalue weighted by molar-refractivity contribution is 4.93. The van der Waals surface area contributed by atoms with E-state index in [1.54, 1.807) is 0 Å². The molecule has 0 nitrogen and oxygen atoms in total. The molecular formula is C14H22F6. The summed E-state index contributed by atoms with van der Waals surface area (Å²) in [5, 5.41) is 0. The zero-order valence-corrected chi connectivity index (χ0v) is 12.1. The smallest absolute Gasteiger partial charge is 0.170 e. The second kappa shape index (κ2) is 5.41. The van der Waals surface area contributed by atoms with E-state index in [1.165, 1.54) is 0 Å². The third kappa shape index (κ3) is 4.29. The molecule has 120 valence electrons. The molecule has 1 saturated carbocycles. The second-order valence-electron chi connectivity index (χ2n) is 7.04. The molecule has 0 atom stereocenters. The molecule has 0 aliphatic heterocycles. The van der Waals surface area contributed by atoms with Gasteiger partial charge in [-0.15, -0.1) is 0 Å². The van der Waals surface area contributed by atoms with Gasteiger partial charge in [0, 0.05) is 0 Å². The first-order valence-corrected chi connectivity index (χ1v) is 6.91. The largest absolute Gasteiger partial charge is 0.401 e. The Balaban J connectivity index is 3.00. The summed E-state index contributed by atoms with van der Waals surface area (Å²) in [6.07, 6.45) is -8.36. The van der Waals surface area contributed by atoms with Gasteiger partial charge in [-0.1, -0.05) is 33.6 Å². The van der Waals surface area contributed by atoms with Gasteiger partial charge in [0.25, 0.3) is 0 Å². The fourth-order valence-corrected chi connectivity index (χ4v) is 3.46. The molecular weight excluding hydrogens is 282 g/mol. The van der Waals surface area contributed by atoms with Crippen LogP contribution in [0.4, 0.5) is 26.3 Å². The molecule has 20 heavy (non-hydrogen) atoms. The Hall–Kier alpha value is -0.420. The van der Waals surface area contributed by atoms with Crippen molar-refractivity contribution in [3.8, 4) is 0 Å². The highest BCUT2D eigenvalue weighted by Gasteiger charge is 2.64. The molecule has 1 fully saturated rings. The molecule has 0 heterocycles. The first kappa shape index (κ1) is 17.6. The van der Waals surface area contributed by atoms with Crippen molar-refractivity contribution >= 4 is 0 Å². The van der Waals surface area contributed by atoms with Crippen molar-refractivity contribution in [2.75, 3.05) is 0 Å². The van der Waals surface area contributed by atoms with Gasteiger partial charge in [0.2, 0.25) is 0 Å². The Labute approximate surface area is 115 Å². The predicted octanol–water partition coefficient (Wildman–Crippen LogP) is 6.11. The topological polar surface area (TPSA) is 0 Å². The Morgan fingerprint density at radius 2 is 1.05 bits per heavy atom. The normalized spacial score (nSPS) is 24.3. The highest BCUT2D eigenvalue weighted by Crippen LogP contribution is 2.55. The maximum Gasteiger partial charge on any atom is 0.401 e. The summed E-state index contributed by atoms with van der Waals surface area (Å²) >= 11 is 0. The third-order valence-corrected chi connectivity index (χ3v) is 4.55. The number of alkyl halides is 6. The van der Waals surface area contributed by atoms with Gasteiger partial charge in [0.1, 0.15) is 0 Å². The molecule has 0 amide bonds. The molecule has 0 saturated heterocycles. The minimum absolute atomic E-state index is 0.00723. The van der Waals surface area contributed by atoms with E-state index < -0.39 is 23.7 Å². The fraction of sp³-hybridized carbons (Fsp3) is 1.00. The molecule has 0 bridgehead atoms. The lowest BCUT2D eigenvalue weighted by Crippen LogP contribution is -2.48. The molecule has 6 heteroatoms. The molecule has 1 aliphatic rings. The van der Waals surface area contributed by atoms with Gasteiger partial charge in [-0.05, 0) is 36.5 Å². The Bertz CT molecular complexity index is 300. The Morgan fingerprint density at radius 3 is 1.35 bits per heavy atom. The third-order valence-electron chi connectivity index (χ3n) is 4.55. The van der Waals surface area contributed by atoms with Crippen molar-refractivity contribution in [3.63, 3.8) is 0 Å². The van der Waals surface area contributed by atoms with Crippen LogP contribution in [0.1, 0.15) is 59.3 Å². The van der Waals surface area contributed by atoms with Crippen molar-refractivity contribution in [2.45, 2.75) is 71.6 Å². The van der Waals surface area contributed by atoms with Gasteiger partial charge in [-0.2, -0.15) is 26.3 Å². The van der Waals surface area contributed by atoms with Crippen LogP contribution < -0.4 is 0 Å². The van der Waals surface area contributed by atoms with Gasteiger partial charge < -0.3 is 0 Å². The first-order chi connectivity index (χ1) is 8.78. The fourth-order valence-electron chi connectivity index (χ4n) is 3.46. The van der Waals surface area contributed by atoms with Crippen LogP contribution >= 0.6 is 0 Å². The van der Waals surface area contributed by atoms with E-state index in [9.17, 15) is 26.3 Å². The number of hydrogen-bond acceptors (Lipinski definition) is 0. The molecule has 0 aromatic heterocycles. The predicted molar refractivity (Wildman–Crippen MR) is 65.2 cm³/mol. The van der Waals surface area contributed by atoms with E-state index >= 15 is 0 Å². The SMILES string of the molecule is CC1(C)CCCC(C)(C(C(F)(F)F)C(F)(F)F)CCC1. The van der Waals surface area contributed by atoms with Crippen LogP contribution in [0.25, 0.3) is 0 Å². The average molecular weight is 304 g/mol. The second-order valence-corrected chi connectivity index (χ2v) is 7.04. The van der Waals surface area contributed by atoms with E-state index in [0.29, 0.717) is 25.7 Å². The van der Waals surface area contributed by atoms with E-state index in [1.807, 2.05) is 13.8 Å². The van der Waals surface area contributed by atoms with Crippen LogP contribution in [-0.2, 0) is 0 Å². The molecule has 0 N–H and O–H groups in total. The summed E-state index contributed by atoms with van der Waals surface area (Å²) < 4.78 is 77.5. The van der Waals surface area contributed by atoms with E-state index in [4.69, 9.17) is 0 Å². The Kier molecular flexibility index (Phi) is 4.77. The van der Waals surface area contributed by atoms with Crippen molar-refractivity contribution < 1.29 is 26.3 Å².